The molecule has 0 aliphatic carbocycles. The van der Waals surface area contributed by atoms with Crippen LogP contribution in [0.3, 0.4) is 0 Å². The fourth-order valence-corrected chi connectivity index (χ4v) is 1.89. The number of benzene rings is 1. The fourth-order valence-electron chi connectivity index (χ4n) is 1.89. The molecule has 1 N–H and O–H groups in total. The van der Waals surface area contributed by atoms with Crippen LogP contribution in [0.25, 0.3) is 0 Å². The van der Waals surface area contributed by atoms with Crippen molar-refractivity contribution in [3.05, 3.63) is 17.7 Å². The van der Waals surface area contributed by atoms with Crippen molar-refractivity contribution in [3.8, 4) is 11.5 Å². The summed E-state index contributed by atoms with van der Waals surface area (Å²) in [5, 5.41) is 3.22. The third kappa shape index (κ3) is 1.96. The Labute approximate surface area is 94.6 Å². The van der Waals surface area contributed by atoms with Crippen molar-refractivity contribution in [2.24, 2.45) is 0 Å². The van der Waals surface area contributed by atoms with Gasteiger partial charge >= 0.3 is 0 Å². The summed E-state index contributed by atoms with van der Waals surface area (Å²) >= 11 is 0. The van der Waals surface area contributed by atoms with E-state index in [4.69, 9.17) is 9.47 Å². The van der Waals surface area contributed by atoms with Crippen LogP contribution in [0.5, 0.6) is 11.5 Å². The minimum Gasteiger partial charge on any atom is -0.497 e. The lowest BCUT2D eigenvalue weighted by Crippen LogP contribution is -2.04. The standard InChI is InChI=1S/C12H15NO3/c1-15-10-6-8-5-9(14)3-4-13-12(8)11(7-10)16-2/h6-7,13H,3-5H2,1-2H3. The number of carbonyl (C=O) groups is 1. The number of nitrogens with one attached hydrogen (secondary N) is 1. The third-order valence-electron chi connectivity index (χ3n) is 2.71. The Kier molecular flexibility index (Phi) is 2.99. The molecule has 1 aromatic carbocycles. The zero-order valence-electron chi connectivity index (χ0n) is 9.50. The third-order valence-corrected chi connectivity index (χ3v) is 2.71. The molecule has 1 aliphatic rings. The molecular formula is C12H15NO3. The van der Waals surface area contributed by atoms with Gasteiger partial charge in [0, 0.05) is 25.5 Å². The summed E-state index contributed by atoms with van der Waals surface area (Å²) in [4.78, 5) is 11.5. The Balaban J connectivity index is 2.49. The van der Waals surface area contributed by atoms with Gasteiger partial charge in [-0.05, 0) is 11.6 Å². The van der Waals surface area contributed by atoms with Gasteiger partial charge in [0.1, 0.15) is 17.3 Å². The number of methoxy groups -OCH3 is 2. The second kappa shape index (κ2) is 4.43. The van der Waals surface area contributed by atoms with E-state index >= 15 is 0 Å². The van der Waals surface area contributed by atoms with Crippen LogP contribution >= 0.6 is 0 Å². The van der Waals surface area contributed by atoms with E-state index in [0.717, 1.165) is 17.0 Å². The number of hydrogen-bond acceptors (Lipinski definition) is 4. The largest absolute Gasteiger partial charge is 0.497 e. The second-order valence-electron chi connectivity index (χ2n) is 3.76. The zero-order valence-corrected chi connectivity index (χ0v) is 9.50. The highest BCUT2D eigenvalue weighted by atomic mass is 16.5. The molecule has 2 rings (SSSR count). The van der Waals surface area contributed by atoms with Gasteiger partial charge in [-0.25, -0.2) is 0 Å². The molecule has 1 heterocycles. The van der Waals surface area contributed by atoms with E-state index in [9.17, 15) is 4.79 Å². The average Bonchev–Trinajstić information content (AvgIpc) is 2.48. The van der Waals surface area contributed by atoms with Crippen molar-refractivity contribution < 1.29 is 14.3 Å². The van der Waals surface area contributed by atoms with Crippen molar-refractivity contribution in [1.82, 2.24) is 0 Å². The number of ketones is 1. The van der Waals surface area contributed by atoms with Crippen molar-refractivity contribution in [3.63, 3.8) is 0 Å². The molecule has 0 saturated heterocycles. The monoisotopic (exact) mass is 221 g/mol. The molecule has 0 spiro atoms. The molecule has 4 heteroatoms. The highest BCUT2D eigenvalue weighted by Crippen LogP contribution is 2.35. The summed E-state index contributed by atoms with van der Waals surface area (Å²) in [6.45, 7) is 0.661. The van der Waals surface area contributed by atoms with Crippen LogP contribution in [0.1, 0.15) is 12.0 Å². The van der Waals surface area contributed by atoms with Crippen LogP contribution in [0.15, 0.2) is 12.1 Å². The first-order chi connectivity index (χ1) is 7.74. The second-order valence-corrected chi connectivity index (χ2v) is 3.76. The lowest BCUT2D eigenvalue weighted by atomic mass is 10.1. The Morgan fingerprint density at radius 1 is 1.25 bits per heavy atom. The van der Waals surface area contributed by atoms with Crippen molar-refractivity contribution in [2.45, 2.75) is 12.8 Å². The predicted octanol–water partition coefficient (Wildman–Crippen LogP) is 1.63. The summed E-state index contributed by atoms with van der Waals surface area (Å²) in [5.74, 6) is 1.68. The van der Waals surface area contributed by atoms with Crippen LogP contribution in [0, 0.1) is 0 Å². The molecule has 0 radical (unpaired) electrons. The van der Waals surface area contributed by atoms with E-state index in [0.29, 0.717) is 25.1 Å². The first-order valence-corrected chi connectivity index (χ1v) is 5.25. The summed E-state index contributed by atoms with van der Waals surface area (Å²) in [6, 6.07) is 3.70. The molecule has 1 aliphatic heterocycles. The van der Waals surface area contributed by atoms with Gasteiger partial charge in [-0.15, -0.1) is 0 Å². The lowest BCUT2D eigenvalue weighted by molar-refractivity contribution is -0.118. The molecule has 16 heavy (non-hydrogen) atoms. The summed E-state index contributed by atoms with van der Waals surface area (Å²) in [5.41, 5.74) is 1.85. The molecule has 0 unspecified atom stereocenters. The number of ether oxygens (including phenoxy) is 2. The van der Waals surface area contributed by atoms with Crippen LogP contribution in [0.2, 0.25) is 0 Å². The average molecular weight is 221 g/mol. The van der Waals surface area contributed by atoms with E-state index in [1.165, 1.54) is 0 Å². The number of fused-ring (bicyclic) bond motifs is 1. The molecular weight excluding hydrogens is 206 g/mol. The van der Waals surface area contributed by atoms with Crippen molar-refractivity contribution in [2.75, 3.05) is 26.1 Å². The van der Waals surface area contributed by atoms with E-state index in [1.807, 2.05) is 12.1 Å². The van der Waals surface area contributed by atoms with Gasteiger partial charge in [0.05, 0.1) is 19.9 Å². The molecule has 0 atom stereocenters. The van der Waals surface area contributed by atoms with Gasteiger partial charge in [0.25, 0.3) is 0 Å². The highest BCUT2D eigenvalue weighted by Gasteiger charge is 2.18. The normalized spacial score (nSPS) is 14.8. The number of anilines is 1. The fraction of sp³-hybridized carbons (Fsp3) is 0.417. The maximum atomic E-state index is 11.5. The van der Waals surface area contributed by atoms with Gasteiger partial charge in [-0.1, -0.05) is 0 Å². The van der Waals surface area contributed by atoms with E-state index < -0.39 is 0 Å². The van der Waals surface area contributed by atoms with E-state index in [-0.39, 0.29) is 5.78 Å². The smallest absolute Gasteiger partial charge is 0.145 e. The van der Waals surface area contributed by atoms with Gasteiger partial charge in [0.2, 0.25) is 0 Å². The quantitative estimate of drug-likeness (QED) is 0.824. The highest BCUT2D eigenvalue weighted by molar-refractivity contribution is 5.85. The van der Waals surface area contributed by atoms with Crippen molar-refractivity contribution in [1.29, 1.82) is 0 Å². The van der Waals surface area contributed by atoms with Crippen LogP contribution in [-0.2, 0) is 11.2 Å². The summed E-state index contributed by atoms with van der Waals surface area (Å²) in [7, 11) is 3.22. The Morgan fingerprint density at radius 3 is 2.75 bits per heavy atom. The number of hydrogen-bond donors (Lipinski definition) is 1. The minimum atomic E-state index is 0.238. The number of carbonyl (C=O) groups excluding carboxylic acids is 1. The van der Waals surface area contributed by atoms with Gasteiger partial charge < -0.3 is 14.8 Å². The Morgan fingerprint density at radius 2 is 2.06 bits per heavy atom. The lowest BCUT2D eigenvalue weighted by Gasteiger charge is -2.14. The summed E-state index contributed by atoms with van der Waals surface area (Å²) in [6.07, 6.45) is 0.996. The van der Waals surface area contributed by atoms with Crippen LogP contribution in [0.4, 0.5) is 5.69 Å². The number of Topliss-reactive ketones (excluding diaryl/α,β-unsaturated/α-hetero) is 1. The maximum absolute atomic E-state index is 11.5. The molecule has 0 bridgehead atoms. The zero-order chi connectivity index (χ0) is 11.5. The first kappa shape index (κ1) is 10.8. The molecule has 1 aromatic rings. The van der Waals surface area contributed by atoms with Gasteiger partial charge in [0.15, 0.2) is 0 Å². The topological polar surface area (TPSA) is 47.6 Å². The van der Waals surface area contributed by atoms with Crippen LogP contribution < -0.4 is 14.8 Å². The van der Waals surface area contributed by atoms with Gasteiger partial charge in [-0.3, -0.25) is 4.79 Å². The van der Waals surface area contributed by atoms with Gasteiger partial charge in [-0.2, -0.15) is 0 Å². The van der Waals surface area contributed by atoms with Crippen LogP contribution in [-0.4, -0.2) is 26.5 Å². The maximum Gasteiger partial charge on any atom is 0.145 e. The molecule has 0 saturated carbocycles. The van der Waals surface area contributed by atoms with Crippen molar-refractivity contribution >= 4 is 11.5 Å². The number of rotatable bonds is 2. The Hall–Kier alpha value is -1.71. The van der Waals surface area contributed by atoms with E-state index in [2.05, 4.69) is 5.32 Å². The molecule has 0 aromatic heterocycles. The molecule has 0 amide bonds. The SMILES string of the molecule is COc1cc2c(c(OC)c1)NCCC(=O)C2. The molecule has 0 fully saturated rings. The van der Waals surface area contributed by atoms with E-state index in [1.54, 1.807) is 14.2 Å². The first-order valence-electron chi connectivity index (χ1n) is 5.25. The molecule has 4 nitrogen and oxygen atoms in total. The summed E-state index contributed by atoms with van der Waals surface area (Å²) < 4.78 is 10.5. The minimum absolute atomic E-state index is 0.238. The Bertz CT molecular complexity index is 415. The molecule has 86 valence electrons. The predicted molar refractivity (Wildman–Crippen MR) is 61.4 cm³/mol.